The van der Waals surface area contributed by atoms with Crippen LogP contribution in [-0.2, 0) is 29.6 Å². The van der Waals surface area contributed by atoms with E-state index in [1.165, 1.54) is 62.4 Å². The number of carbonyl (C=O) groups excluding carboxylic acids is 2. The molecule has 202 valence electrons. The van der Waals surface area contributed by atoms with Crippen molar-refractivity contribution in [2.75, 3.05) is 21.1 Å². The zero-order valence-electron chi connectivity index (χ0n) is 21.5. The number of nitrogens with zero attached hydrogens (tertiary/aromatic N) is 2. The van der Waals surface area contributed by atoms with Gasteiger partial charge in [-0.2, -0.15) is 0 Å². The summed E-state index contributed by atoms with van der Waals surface area (Å²) in [5.41, 5.74) is 0.598. The number of anilines is 2. The quantitative estimate of drug-likeness (QED) is 0.435. The molecular formula is C26H26F2N2O6S2. The molecule has 0 saturated heterocycles. The fraction of sp³-hybridized carbons (Fsp3) is 0.231. The Balaban J connectivity index is 2.10. The summed E-state index contributed by atoms with van der Waals surface area (Å²) in [6.07, 6.45) is 1.77. The summed E-state index contributed by atoms with van der Waals surface area (Å²) >= 11 is 0. The summed E-state index contributed by atoms with van der Waals surface area (Å²) in [7, 11) is -7.78. The molecule has 12 heteroatoms. The Bertz CT molecular complexity index is 1500. The van der Waals surface area contributed by atoms with Crippen LogP contribution in [0, 0.1) is 25.5 Å². The Kier molecular flexibility index (Phi) is 7.81. The lowest BCUT2D eigenvalue weighted by molar-refractivity contribution is -0.116. The van der Waals surface area contributed by atoms with Crippen molar-refractivity contribution in [3.63, 3.8) is 0 Å². The minimum Gasteiger partial charge on any atom is -0.274 e. The molecular weight excluding hydrogens is 538 g/mol. The Labute approximate surface area is 220 Å². The summed E-state index contributed by atoms with van der Waals surface area (Å²) in [5.74, 6) is -2.85. The summed E-state index contributed by atoms with van der Waals surface area (Å²) in [5, 5.41) is 0. The van der Waals surface area contributed by atoms with Crippen LogP contribution < -0.4 is 8.61 Å². The molecule has 0 spiro atoms. The van der Waals surface area contributed by atoms with Crippen LogP contribution in [0.5, 0.6) is 0 Å². The Morgan fingerprint density at radius 3 is 1.08 bits per heavy atom. The lowest BCUT2D eigenvalue weighted by atomic mass is 9.90. The van der Waals surface area contributed by atoms with Crippen LogP contribution >= 0.6 is 0 Å². The maximum absolute atomic E-state index is 15.7. The first-order valence-corrected chi connectivity index (χ1v) is 14.9. The highest BCUT2D eigenvalue weighted by Gasteiger charge is 2.26. The van der Waals surface area contributed by atoms with E-state index in [-0.39, 0.29) is 44.8 Å². The molecule has 0 aliphatic heterocycles. The Hall–Kier alpha value is -3.64. The van der Waals surface area contributed by atoms with Crippen LogP contribution in [0.15, 0.2) is 48.5 Å². The standard InChI is InChI=1S/C26H26F2N2O6S2/c1-15-23(19-7-11-21(12-8-19)29(17(3)31)37(5,33)34)26(28)16(2)24(25(15)27)20-9-13-22(14-10-20)30(18(4)32)38(6,35)36/h7-14H,1-6H3. The van der Waals surface area contributed by atoms with Crippen LogP contribution in [0.3, 0.4) is 0 Å². The number of rotatable bonds is 6. The first-order chi connectivity index (χ1) is 17.5. The van der Waals surface area contributed by atoms with E-state index in [2.05, 4.69) is 0 Å². The van der Waals surface area contributed by atoms with Gasteiger partial charge in [-0.05, 0) is 60.4 Å². The summed E-state index contributed by atoms with van der Waals surface area (Å²) in [6.45, 7) is 5.00. The largest absolute Gasteiger partial charge is 0.274 e. The molecule has 0 saturated carbocycles. The molecule has 8 nitrogen and oxygen atoms in total. The number of carbonyl (C=O) groups is 2. The van der Waals surface area contributed by atoms with E-state index in [0.29, 0.717) is 8.61 Å². The van der Waals surface area contributed by atoms with Gasteiger partial charge in [0.15, 0.2) is 0 Å². The van der Waals surface area contributed by atoms with Gasteiger partial charge >= 0.3 is 0 Å². The number of amides is 2. The van der Waals surface area contributed by atoms with Crippen molar-refractivity contribution in [1.29, 1.82) is 0 Å². The summed E-state index contributed by atoms with van der Waals surface area (Å²) < 4.78 is 80.5. The fourth-order valence-electron chi connectivity index (χ4n) is 4.35. The highest BCUT2D eigenvalue weighted by atomic mass is 32.2. The van der Waals surface area contributed by atoms with Crippen molar-refractivity contribution < 1.29 is 35.2 Å². The van der Waals surface area contributed by atoms with Crippen LogP contribution in [0.2, 0.25) is 0 Å². The molecule has 0 atom stereocenters. The Morgan fingerprint density at radius 2 is 0.868 bits per heavy atom. The highest BCUT2D eigenvalue weighted by molar-refractivity contribution is 7.93. The van der Waals surface area contributed by atoms with Crippen molar-refractivity contribution in [3.8, 4) is 22.3 Å². The van der Waals surface area contributed by atoms with E-state index in [0.717, 1.165) is 26.4 Å². The molecule has 0 unspecified atom stereocenters. The third-order valence-corrected chi connectivity index (χ3v) is 8.13. The average Bonchev–Trinajstić information content (AvgIpc) is 2.78. The van der Waals surface area contributed by atoms with Crippen molar-refractivity contribution in [2.45, 2.75) is 27.7 Å². The molecule has 0 N–H and O–H groups in total. The predicted octanol–water partition coefficient (Wildman–Crippen LogP) is 4.54. The molecule has 0 fully saturated rings. The molecule has 0 bridgehead atoms. The molecule has 38 heavy (non-hydrogen) atoms. The normalized spacial score (nSPS) is 11.8. The molecule has 0 aliphatic carbocycles. The lowest BCUT2D eigenvalue weighted by Gasteiger charge is -2.21. The molecule has 3 rings (SSSR count). The van der Waals surface area contributed by atoms with Gasteiger partial charge in [0.25, 0.3) is 0 Å². The van der Waals surface area contributed by atoms with Gasteiger partial charge in [0.05, 0.1) is 23.9 Å². The van der Waals surface area contributed by atoms with Gasteiger partial charge in [0.2, 0.25) is 31.9 Å². The second-order valence-corrected chi connectivity index (χ2v) is 12.5. The van der Waals surface area contributed by atoms with Crippen molar-refractivity contribution in [1.82, 2.24) is 0 Å². The third kappa shape index (κ3) is 5.46. The van der Waals surface area contributed by atoms with Crippen LogP contribution in [-0.4, -0.2) is 41.2 Å². The topological polar surface area (TPSA) is 109 Å². The molecule has 3 aromatic carbocycles. The lowest BCUT2D eigenvalue weighted by Crippen LogP contribution is -2.34. The number of hydrogen-bond acceptors (Lipinski definition) is 6. The SMILES string of the molecule is CC(=O)N(c1ccc(-c2c(C)c(F)c(-c3ccc(N(C(C)=O)S(C)(=O)=O)cc3)c(C)c2F)cc1)S(C)(=O)=O. The van der Waals surface area contributed by atoms with Gasteiger partial charge in [0.1, 0.15) is 11.6 Å². The molecule has 0 aliphatic rings. The van der Waals surface area contributed by atoms with Gasteiger partial charge in [0, 0.05) is 25.0 Å². The van der Waals surface area contributed by atoms with Gasteiger partial charge in [-0.1, -0.05) is 24.3 Å². The summed E-state index contributed by atoms with van der Waals surface area (Å²) in [4.78, 5) is 23.7. The monoisotopic (exact) mass is 564 g/mol. The number of hydrogen-bond donors (Lipinski definition) is 0. The fourth-order valence-corrected chi connectivity index (χ4v) is 6.29. The number of benzene rings is 3. The first kappa shape index (κ1) is 28.9. The van der Waals surface area contributed by atoms with E-state index >= 15 is 8.78 Å². The van der Waals surface area contributed by atoms with Crippen molar-refractivity contribution in [2.24, 2.45) is 0 Å². The number of sulfonamides is 2. The average molecular weight is 565 g/mol. The van der Waals surface area contributed by atoms with Gasteiger partial charge in [-0.15, -0.1) is 0 Å². The first-order valence-electron chi connectivity index (χ1n) is 11.2. The zero-order valence-corrected chi connectivity index (χ0v) is 23.2. The molecule has 2 amide bonds. The highest BCUT2D eigenvalue weighted by Crippen LogP contribution is 2.39. The van der Waals surface area contributed by atoms with E-state index in [1.54, 1.807) is 0 Å². The maximum Gasteiger partial charge on any atom is 0.238 e. The second-order valence-electron chi connectivity index (χ2n) is 8.81. The second kappa shape index (κ2) is 10.3. The van der Waals surface area contributed by atoms with Crippen LogP contribution in [0.1, 0.15) is 25.0 Å². The molecule has 0 aromatic heterocycles. The third-order valence-electron chi connectivity index (χ3n) is 5.86. The van der Waals surface area contributed by atoms with Crippen molar-refractivity contribution in [3.05, 3.63) is 71.3 Å². The zero-order chi connectivity index (χ0) is 28.7. The van der Waals surface area contributed by atoms with Gasteiger partial charge < -0.3 is 0 Å². The summed E-state index contributed by atoms with van der Waals surface area (Å²) in [6, 6.07) is 10.9. The van der Waals surface area contributed by atoms with E-state index in [1.807, 2.05) is 0 Å². The van der Waals surface area contributed by atoms with Crippen LogP contribution in [0.4, 0.5) is 20.2 Å². The maximum atomic E-state index is 15.7. The van der Waals surface area contributed by atoms with E-state index < -0.39 is 43.5 Å². The van der Waals surface area contributed by atoms with Crippen molar-refractivity contribution >= 4 is 43.2 Å². The Morgan fingerprint density at radius 1 is 0.605 bits per heavy atom. The minimum atomic E-state index is -3.89. The van der Waals surface area contributed by atoms with E-state index in [4.69, 9.17) is 0 Å². The molecule has 0 radical (unpaired) electrons. The van der Waals surface area contributed by atoms with E-state index in [9.17, 15) is 26.4 Å². The van der Waals surface area contributed by atoms with Gasteiger partial charge in [-0.3, -0.25) is 9.59 Å². The molecule has 3 aromatic rings. The molecule has 0 heterocycles. The predicted molar refractivity (Wildman–Crippen MR) is 143 cm³/mol. The smallest absolute Gasteiger partial charge is 0.238 e. The van der Waals surface area contributed by atoms with Gasteiger partial charge in [-0.25, -0.2) is 34.2 Å². The van der Waals surface area contributed by atoms with Crippen LogP contribution in [0.25, 0.3) is 22.3 Å². The minimum absolute atomic E-state index is 0.00652. The number of halogens is 2.